The molecule has 0 aliphatic rings. The minimum Gasteiger partial charge on any atom is -0.327 e. The van der Waals surface area contributed by atoms with Crippen molar-refractivity contribution >= 4 is 22.9 Å². The fourth-order valence-corrected chi connectivity index (χ4v) is 2.44. The van der Waals surface area contributed by atoms with E-state index >= 15 is 0 Å². The van der Waals surface area contributed by atoms with Crippen LogP contribution in [0.25, 0.3) is 0 Å². The maximum Gasteiger partial charge on any atom is 0.157 e. The lowest BCUT2D eigenvalue weighted by Crippen LogP contribution is -2.29. The van der Waals surface area contributed by atoms with Gasteiger partial charge in [0.2, 0.25) is 0 Å². The first kappa shape index (κ1) is 11.0. The van der Waals surface area contributed by atoms with Crippen molar-refractivity contribution in [3.05, 3.63) is 21.3 Å². The van der Waals surface area contributed by atoms with Gasteiger partial charge in [0.15, 0.2) is 5.67 Å². The van der Waals surface area contributed by atoms with Gasteiger partial charge in [-0.25, -0.2) is 4.39 Å². The number of hydrogen-bond acceptors (Lipinski definition) is 2. The summed E-state index contributed by atoms with van der Waals surface area (Å²) < 4.78 is 14.7. The summed E-state index contributed by atoms with van der Waals surface area (Å²) in [5, 5.41) is 0. The average molecular weight is 222 g/mol. The lowest BCUT2D eigenvalue weighted by molar-refractivity contribution is 0.164. The van der Waals surface area contributed by atoms with Gasteiger partial charge in [0.25, 0.3) is 0 Å². The van der Waals surface area contributed by atoms with Gasteiger partial charge < -0.3 is 5.73 Å². The fourth-order valence-electron chi connectivity index (χ4n) is 1.28. The molecule has 4 heteroatoms. The van der Waals surface area contributed by atoms with Gasteiger partial charge in [-0.3, -0.25) is 0 Å². The standard InChI is InChI=1S/C9H13ClFNS/c1-2-5-9(11,6-12)7-3-4-8(10)13-7/h3-4H,2,5-6,12H2,1H3. The summed E-state index contributed by atoms with van der Waals surface area (Å²) in [6.45, 7) is 1.97. The van der Waals surface area contributed by atoms with Crippen molar-refractivity contribution in [3.8, 4) is 0 Å². The third-order valence-corrected chi connectivity index (χ3v) is 3.39. The lowest BCUT2D eigenvalue weighted by atomic mass is 9.98. The molecule has 0 saturated heterocycles. The Labute approximate surface area is 86.7 Å². The van der Waals surface area contributed by atoms with Crippen molar-refractivity contribution in [1.29, 1.82) is 0 Å². The summed E-state index contributed by atoms with van der Waals surface area (Å²) in [5.74, 6) is 0. The van der Waals surface area contributed by atoms with Crippen LogP contribution in [-0.4, -0.2) is 6.54 Å². The van der Waals surface area contributed by atoms with E-state index in [0.717, 1.165) is 6.42 Å². The molecule has 1 unspecified atom stereocenters. The molecular formula is C9H13ClFNS. The van der Waals surface area contributed by atoms with E-state index in [1.165, 1.54) is 11.3 Å². The highest BCUT2D eigenvalue weighted by atomic mass is 35.5. The molecule has 1 aromatic heterocycles. The molecule has 1 atom stereocenters. The first-order chi connectivity index (χ1) is 6.12. The molecule has 0 bridgehead atoms. The maximum atomic E-state index is 14.1. The van der Waals surface area contributed by atoms with Gasteiger partial charge in [-0.05, 0) is 18.6 Å². The highest BCUT2D eigenvalue weighted by molar-refractivity contribution is 7.16. The Morgan fingerprint density at radius 1 is 1.62 bits per heavy atom. The van der Waals surface area contributed by atoms with E-state index in [0.29, 0.717) is 15.6 Å². The molecule has 0 spiro atoms. The molecular weight excluding hydrogens is 209 g/mol. The second-order valence-electron chi connectivity index (χ2n) is 3.02. The van der Waals surface area contributed by atoms with E-state index in [1.807, 2.05) is 6.92 Å². The Morgan fingerprint density at radius 2 is 2.31 bits per heavy atom. The van der Waals surface area contributed by atoms with Crippen LogP contribution in [0.2, 0.25) is 4.34 Å². The molecule has 0 amide bonds. The predicted octanol–water partition coefficient (Wildman–Crippen LogP) is 3.33. The molecule has 0 radical (unpaired) electrons. The molecule has 13 heavy (non-hydrogen) atoms. The molecule has 1 nitrogen and oxygen atoms in total. The monoisotopic (exact) mass is 221 g/mol. The molecule has 2 N–H and O–H groups in total. The van der Waals surface area contributed by atoms with E-state index in [1.54, 1.807) is 12.1 Å². The average Bonchev–Trinajstić information content (AvgIpc) is 2.52. The van der Waals surface area contributed by atoms with Crippen LogP contribution in [0, 0.1) is 0 Å². The van der Waals surface area contributed by atoms with Crippen LogP contribution >= 0.6 is 22.9 Å². The normalized spacial score (nSPS) is 15.7. The zero-order valence-corrected chi connectivity index (χ0v) is 9.09. The molecule has 1 rings (SSSR count). The van der Waals surface area contributed by atoms with Crippen molar-refractivity contribution in [2.24, 2.45) is 5.73 Å². The molecule has 0 aromatic carbocycles. The van der Waals surface area contributed by atoms with E-state index < -0.39 is 5.67 Å². The Balaban J connectivity index is 2.88. The Kier molecular flexibility index (Phi) is 3.71. The molecule has 0 saturated carbocycles. The van der Waals surface area contributed by atoms with Crippen molar-refractivity contribution in [1.82, 2.24) is 0 Å². The first-order valence-corrected chi connectivity index (χ1v) is 5.46. The van der Waals surface area contributed by atoms with Gasteiger partial charge >= 0.3 is 0 Å². The van der Waals surface area contributed by atoms with Gasteiger partial charge in [0, 0.05) is 11.4 Å². The number of nitrogens with two attached hydrogens (primary N) is 1. The summed E-state index contributed by atoms with van der Waals surface area (Å²) >= 11 is 7.00. The molecule has 0 aliphatic heterocycles. The Hall–Kier alpha value is -0.120. The second-order valence-corrected chi connectivity index (χ2v) is 4.74. The third-order valence-electron chi connectivity index (χ3n) is 1.98. The number of rotatable bonds is 4. The van der Waals surface area contributed by atoms with Crippen LogP contribution in [0.3, 0.4) is 0 Å². The summed E-state index contributed by atoms with van der Waals surface area (Å²) in [7, 11) is 0. The lowest BCUT2D eigenvalue weighted by Gasteiger charge is -2.21. The highest BCUT2D eigenvalue weighted by Crippen LogP contribution is 2.36. The minimum atomic E-state index is -1.38. The zero-order valence-electron chi connectivity index (χ0n) is 7.52. The van der Waals surface area contributed by atoms with Crippen molar-refractivity contribution in [2.75, 3.05) is 6.54 Å². The van der Waals surface area contributed by atoms with E-state index in [-0.39, 0.29) is 6.54 Å². The van der Waals surface area contributed by atoms with Gasteiger partial charge in [0.05, 0.1) is 4.34 Å². The van der Waals surface area contributed by atoms with Gasteiger partial charge in [-0.15, -0.1) is 11.3 Å². The van der Waals surface area contributed by atoms with Crippen molar-refractivity contribution in [2.45, 2.75) is 25.4 Å². The van der Waals surface area contributed by atoms with E-state index in [2.05, 4.69) is 0 Å². The van der Waals surface area contributed by atoms with Crippen LogP contribution in [0.5, 0.6) is 0 Å². The molecule has 0 fully saturated rings. The largest absolute Gasteiger partial charge is 0.327 e. The Bertz CT molecular complexity index is 276. The number of hydrogen-bond donors (Lipinski definition) is 1. The Morgan fingerprint density at radius 3 is 2.69 bits per heavy atom. The zero-order chi connectivity index (χ0) is 9.90. The van der Waals surface area contributed by atoms with Crippen LogP contribution in [0.4, 0.5) is 4.39 Å². The minimum absolute atomic E-state index is 0.0255. The summed E-state index contributed by atoms with van der Waals surface area (Å²) in [4.78, 5) is 0.641. The predicted molar refractivity (Wildman–Crippen MR) is 56.1 cm³/mol. The molecule has 0 aliphatic carbocycles. The molecule has 1 aromatic rings. The van der Waals surface area contributed by atoms with Gasteiger partial charge in [-0.1, -0.05) is 24.9 Å². The maximum absolute atomic E-state index is 14.1. The number of halogens is 2. The van der Waals surface area contributed by atoms with E-state index in [4.69, 9.17) is 17.3 Å². The fraction of sp³-hybridized carbons (Fsp3) is 0.556. The quantitative estimate of drug-likeness (QED) is 0.830. The highest BCUT2D eigenvalue weighted by Gasteiger charge is 2.30. The van der Waals surface area contributed by atoms with Crippen LogP contribution in [0.15, 0.2) is 12.1 Å². The van der Waals surface area contributed by atoms with Crippen LogP contribution in [-0.2, 0) is 5.67 Å². The van der Waals surface area contributed by atoms with Crippen molar-refractivity contribution < 1.29 is 4.39 Å². The van der Waals surface area contributed by atoms with Crippen LogP contribution < -0.4 is 5.73 Å². The van der Waals surface area contributed by atoms with E-state index in [9.17, 15) is 4.39 Å². The van der Waals surface area contributed by atoms with Gasteiger partial charge in [0.1, 0.15) is 0 Å². The second kappa shape index (κ2) is 4.40. The van der Waals surface area contributed by atoms with Crippen molar-refractivity contribution in [3.63, 3.8) is 0 Å². The smallest absolute Gasteiger partial charge is 0.157 e. The molecule has 1 heterocycles. The summed E-state index contributed by atoms with van der Waals surface area (Å²) in [6, 6.07) is 3.43. The first-order valence-electron chi connectivity index (χ1n) is 4.27. The van der Waals surface area contributed by atoms with Gasteiger partial charge in [-0.2, -0.15) is 0 Å². The SMILES string of the molecule is CCCC(F)(CN)c1ccc(Cl)s1. The third kappa shape index (κ3) is 2.42. The summed E-state index contributed by atoms with van der Waals surface area (Å²) in [5.41, 5.74) is 4.04. The molecule has 74 valence electrons. The summed E-state index contributed by atoms with van der Waals surface area (Å²) in [6.07, 6.45) is 1.24. The number of thiophene rings is 1. The topological polar surface area (TPSA) is 26.0 Å². The number of alkyl halides is 1. The van der Waals surface area contributed by atoms with Crippen LogP contribution in [0.1, 0.15) is 24.6 Å².